The number of para-hydroxylation sites is 3. The van der Waals surface area contributed by atoms with Gasteiger partial charge >= 0.3 is 5.97 Å². The molecule has 0 fully saturated rings. The first-order valence-corrected chi connectivity index (χ1v) is 9.48. The van der Waals surface area contributed by atoms with Crippen LogP contribution in [0, 0.1) is 19.7 Å². The first-order chi connectivity index (χ1) is 14.5. The summed E-state index contributed by atoms with van der Waals surface area (Å²) in [4.78, 5) is 25.0. The van der Waals surface area contributed by atoms with Crippen LogP contribution in [0.15, 0.2) is 54.6 Å². The summed E-state index contributed by atoms with van der Waals surface area (Å²) in [6.45, 7) is 3.07. The molecule has 0 spiro atoms. The highest BCUT2D eigenvalue weighted by molar-refractivity contribution is 5.99. The van der Waals surface area contributed by atoms with Crippen LogP contribution in [0.25, 0.3) is 5.69 Å². The highest BCUT2D eigenvalue weighted by Crippen LogP contribution is 2.31. The van der Waals surface area contributed by atoms with E-state index in [1.807, 2.05) is 0 Å². The number of nitrogens with zero attached hydrogens (tertiary/aromatic N) is 1. The van der Waals surface area contributed by atoms with E-state index in [4.69, 9.17) is 14.2 Å². The fourth-order valence-corrected chi connectivity index (χ4v) is 3.49. The quantitative estimate of drug-likeness (QED) is 0.474. The first-order valence-electron chi connectivity index (χ1n) is 9.48. The number of ether oxygens (including phenoxy) is 3. The van der Waals surface area contributed by atoms with Crippen LogP contribution in [0.1, 0.15) is 21.7 Å². The van der Waals surface area contributed by atoms with E-state index in [1.165, 1.54) is 6.07 Å². The molecular formula is C23H20FNO5. The normalized spacial score (nSPS) is 15.0. The Bertz CT molecular complexity index is 1120. The van der Waals surface area contributed by atoms with Gasteiger partial charge < -0.3 is 18.8 Å². The summed E-state index contributed by atoms with van der Waals surface area (Å²) in [7, 11) is 0. The van der Waals surface area contributed by atoms with Gasteiger partial charge in [0.25, 0.3) is 0 Å². The van der Waals surface area contributed by atoms with E-state index in [9.17, 15) is 14.0 Å². The van der Waals surface area contributed by atoms with E-state index >= 15 is 0 Å². The molecule has 0 amide bonds. The van der Waals surface area contributed by atoms with E-state index in [0.717, 1.165) is 0 Å². The summed E-state index contributed by atoms with van der Waals surface area (Å²) in [6.07, 6.45) is -0.946. The van der Waals surface area contributed by atoms with Crippen LogP contribution >= 0.6 is 0 Å². The van der Waals surface area contributed by atoms with Crippen molar-refractivity contribution in [1.29, 1.82) is 0 Å². The molecule has 0 saturated carbocycles. The molecule has 1 aliphatic heterocycles. The molecule has 6 nitrogen and oxygen atoms in total. The minimum atomic E-state index is -0.946. The Morgan fingerprint density at radius 3 is 2.57 bits per heavy atom. The summed E-state index contributed by atoms with van der Waals surface area (Å²) in [5.41, 5.74) is 2.00. The van der Waals surface area contributed by atoms with Gasteiger partial charge in [-0.05, 0) is 44.2 Å². The molecule has 2 aromatic carbocycles. The third-order valence-corrected chi connectivity index (χ3v) is 4.94. The third kappa shape index (κ3) is 3.66. The molecule has 154 valence electrons. The number of Topliss-reactive ketones (excluding diaryl/α,β-unsaturated/α-hetero) is 1. The fraction of sp³-hybridized carbons (Fsp3) is 0.217. The second-order valence-corrected chi connectivity index (χ2v) is 6.97. The lowest BCUT2D eigenvalue weighted by Crippen LogP contribution is -2.38. The fourth-order valence-electron chi connectivity index (χ4n) is 3.49. The zero-order valence-corrected chi connectivity index (χ0v) is 16.6. The predicted octanol–water partition coefficient (Wildman–Crippen LogP) is 3.80. The van der Waals surface area contributed by atoms with Crippen LogP contribution in [0.4, 0.5) is 4.39 Å². The molecule has 0 radical (unpaired) electrons. The van der Waals surface area contributed by atoms with Gasteiger partial charge in [-0.3, -0.25) is 4.79 Å². The van der Waals surface area contributed by atoms with Crippen LogP contribution in [-0.2, 0) is 9.53 Å². The first kappa shape index (κ1) is 19.7. The van der Waals surface area contributed by atoms with Gasteiger partial charge in [0.1, 0.15) is 12.4 Å². The molecule has 2 heterocycles. The van der Waals surface area contributed by atoms with Gasteiger partial charge in [-0.2, -0.15) is 0 Å². The Morgan fingerprint density at radius 2 is 1.80 bits per heavy atom. The molecule has 4 rings (SSSR count). The van der Waals surface area contributed by atoms with E-state index < -0.39 is 18.7 Å². The molecule has 7 heteroatoms. The summed E-state index contributed by atoms with van der Waals surface area (Å²) >= 11 is 0. The largest absolute Gasteiger partial charge is 0.485 e. The summed E-state index contributed by atoms with van der Waals surface area (Å²) in [5.74, 6) is -0.444. The van der Waals surface area contributed by atoms with Crippen LogP contribution < -0.4 is 9.47 Å². The molecule has 0 saturated heterocycles. The molecule has 0 aliphatic carbocycles. The molecule has 1 aromatic heterocycles. The lowest BCUT2D eigenvalue weighted by molar-refractivity contribution is -0.153. The molecule has 30 heavy (non-hydrogen) atoms. The molecule has 0 unspecified atom stereocenters. The number of aryl methyl sites for hydroxylation is 1. The zero-order chi connectivity index (χ0) is 21.3. The van der Waals surface area contributed by atoms with E-state index in [2.05, 4.69) is 0 Å². The number of hydrogen-bond acceptors (Lipinski definition) is 5. The minimum Gasteiger partial charge on any atom is -0.485 e. The number of hydrogen-bond donors (Lipinski definition) is 0. The van der Waals surface area contributed by atoms with Crippen molar-refractivity contribution in [2.45, 2.75) is 20.0 Å². The Hall–Kier alpha value is -3.61. The second kappa shape index (κ2) is 8.02. The third-order valence-electron chi connectivity index (χ3n) is 4.94. The van der Waals surface area contributed by atoms with Crippen LogP contribution in [-0.4, -0.2) is 35.6 Å². The van der Waals surface area contributed by atoms with Crippen molar-refractivity contribution in [1.82, 2.24) is 4.57 Å². The van der Waals surface area contributed by atoms with Crippen molar-refractivity contribution in [3.8, 4) is 17.2 Å². The van der Waals surface area contributed by atoms with Crippen molar-refractivity contribution in [2.24, 2.45) is 0 Å². The second-order valence-electron chi connectivity index (χ2n) is 6.97. The summed E-state index contributed by atoms with van der Waals surface area (Å²) < 4.78 is 32.1. The number of carbonyl (C=O) groups is 2. The number of rotatable bonds is 5. The number of fused-ring (bicyclic) bond motifs is 1. The maximum Gasteiger partial charge on any atom is 0.351 e. The predicted molar refractivity (Wildman–Crippen MR) is 107 cm³/mol. The van der Waals surface area contributed by atoms with Gasteiger partial charge in [-0.15, -0.1) is 0 Å². The lowest BCUT2D eigenvalue weighted by atomic mass is 10.1. The number of halogens is 1. The molecule has 3 aromatic rings. The smallest absolute Gasteiger partial charge is 0.351 e. The van der Waals surface area contributed by atoms with Crippen molar-refractivity contribution >= 4 is 11.8 Å². The van der Waals surface area contributed by atoms with Crippen LogP contribution in [0.5, 0.6) is 11.5 Å². The maximum absolute atomic E-state index is 14.2. The highest BCUT2D eigenvalue weighted by Gasteiger charge is 2.29. The Kier molecular flexibility index (Phi) is 5.27. The molecule has 1 aliphatic rings. The van der Waals surface area contributed by atoms with Crippen molar-refractivity contribution < 1.29 is 28.2 Å². The number of benzene rings is 2. The Labute approximate surface area is 172 Å². The highest BCUT2D eigenvalue weighted by atomic mass is 19.1. The van der Waals surface area contributed by atoms with Crippen molar-refractivity contribution in [3.63, 3.8) is 0 Å². The topological polar surface area (TPSA) is 66.8 Å². The summed E-state index contributed by atoms with van der Waals surface area (Å²) in [6, 6.07) is 15.0. The van der Waals surface area contributed by atoms with E-state index in [-0.39, 0.29) is 18.2 Å². The number of esters is 1. The van der Waals surface area contributed by atoms with Crippen LogP contribution in [0.2, 0.25) is 0 Å². The SMILES string of the molecule is Cc1cc(C(=O)COC(=O)[C@@H]2COc3ccccc3O2)c(C)n1-c1ccccc1F. The molecule has 0 N–H and O–H groups in total. The summed E-state index contributed by atoms with van der Waals surface area (Å²) in [5, 5.41) is 0. The van der Waals surface area contributed by atoms with E-state index in [1.54, 1.807) is 66.9 Å². The average Bonchev–Trinajstić information content (AvgIpc) is 3.05. The molecular weight excluding hydrogens is 389 g/mol. The van der Waals surface area contributed by atoms with Gasteiger partial charge in [-0.25, -0.2) is 9.18 Å². The van der Waals surface area contributed by atoms with Gasteiger partial charge in [-0.1, -0.05) is 24.3 Å². The number of aromatic nitrogens is 1. The standard InChI is InChI=1S/C23H20FNO5/c1-14-11-16(15(2)25(14)18-8-4-3-7-17(18)24)19(26)12-29-23(27)22-13-28-20-9-5-6-10-21(20)30-22/h3-11,22H,12-13H2,1-2H3/t22-/m0/s1. The van der Waals surface area contributed by atoms with Gasteiger partial charge in [0, 0.05) is 17.0 Å². The monoisotopic (exact) mass is 409 g/mol. The average molecular weight is 409 g/mol. The van der Waals surface area contributed by atoms with Crippen LogP contribution in [0.3, 0.4) is 0 Å². The van der Waals surface area contributed by atoms with E-state index in [0.29, 0.717) is 34.1 Å². The Balaban J connectivity index is 1.44. The van der Waals surface area contributed by atoms with Crippen molar-refractivity contribution in [2.75, 3.05) is 13.2 Å². The number of carbonyl (C=O) groups excluding carboxylic acids is 2. The molecule has 1 atom stereocenters. The molecule has 0 bridgehead atoms. The maximum atomic E-state index is 14.2. The van der Waals surface area contributed by atoms with Gasteiger partial charge in [0.05, 0.1) is 5.69 Å². The van der Waals surface area contributed by atoms with Crippen molar-refractivity contribution in [3.05, 3.63) is 77.4 Å². The number of ketones is 1. The zero-order valence-electron chi connectivity index (χ0n) is 16.6. The minimum absolute atomic E-state index is 0.00579. The van der Waals surface area contributed by atoms with Gasteiger partial charge in [0.2, 0.25) is 11.9 Å². The Morgan fingerprint density at radius 1 is 1.10 bits per heavy atom. The van der Waals surface area contributed by atoms with Gasteiger partial charge in [0.15, 0.2) is 18.1 Å². The lowest BCUT2D eigenvalue weighted by Gasteiger charge is -2.24.